The number of benzene rings is 2. The summed E-state index contributed by atoms with van der Waals surface area (Å²) in [4.78, 5) is 16.6. The molecule has 170 valence electrons. The second kappa shape index (κ2) is 10.7. The monoisotopic (exact) mass is 482 g/mol. The lowest BCUT2D eigenvalue weighted by molar-refractivity contribution is -0.114. The fraction of sp³-hybridized carbons (Fsp3) is 0.250. The molecule has 0 atom stereocenters. The Kier molecular flexibility index (Phi) is 7.47. The molecule has 1 amide bonds. The van der Waals surface area contributed by atoms with Crippen LogP contribution in [0.5, 0.6) is 11.5 Å². The van der Waals surface area contributed by atoms with Crippen molar-refractivity contribution >= 4 is 51.4 Å². The maximum absolute atomic E-state index is 12.5. The van der Waals surface area contributed by atoms with Crippen molar-refractivity contribution in [2.75, 3.05) is 13.2 Å². The molecule has 2 heterocycles. The van der Waals surface area contributed by atoms with Gasteiger partial charge in [0.1, 0.15) is 29.8 Å². The first-order valence-corrected chi connectivity index (χ1v) is 11.8. The Hall–Kier alpha value is -3.10. The van der Waals surface area contributed by atoms with Gasteiger partial charge in [0.25, 0.3) is 5.91 Å². The Bertz CT molecular complexity index is 1140. The van der Waals surface area contributed by atoms with Gasteiger partial charge < -0.3 is 9.47 Å². The summed E-state index contributed by atoms with van der Waals surface area (Å²) in [5.74, 6) is 0.906. The number of rotatable bonds is 9. The Labute approximate surface area is 201 Å². The zero-order chi connectivity index (χ0) is 23.2. The van der Waals surface area contributed by atoms with E-state index in [0.717, 1.165) is 29.9 Å². The SMILES string of the molecule is CCCCC1=NN2C(=N)/C(=C\c3ccc(OCCOc4ccccc4Cl)cc3)C(=O)N=C2S1. The largest absolute Gasteiger partial charge is 0.490 e. The van der Waals surface area contributed by atoms with Crippen LogP contribution in [0.3, 0.4) is 0 Å². The molecule has 7 nitrogen and oxygen atoms in total. The van der Waals surface area contributed by atoms with Crippen molar-refractivity contribution in [1.29, 1.82) is 5.41 Å². The lowest BCUT2D eigenvalue weighted by Crippen LogP contribution is -2.35. The third kappa shape index (κ3) is 5.64. The number of hydrogen-bond acceptors (Lipinski definition) is 6. The van der Waals surface area contributed by atoms with Crippen LogP contribution in [0.1, 0.15) is 31.7 Å². The Balaban J connectivity index is 1.35. The molecule has 0 unspecified atom stereocenters. The van der Waals surface area contributed by atoms with Gasteiger partial charge in [-0.2, -0.15) is 15.1 Å². The topological polar surface area (TPSA) is 87.3 Å². The predicted molar refractivity (Wildman–Crippen MR) is 133 cm³/mol. The summed E-state index contributed by atoms with van der Waals surface area (Å²) in [5.41, 5.74) is 0.977. The summed E-state index contributed by atoms with van der Waals surface area (Å²) in [7, 11) is 0. The van der Waals surface area contributed by atoms with Crippen molar-refractivity contribution in [2.24, 2.45) is 10.1 Å². The highest BCUT2D eigenvalue weighted by Crippen LogP contribution is 2.30. The highest BCUT2D eigenvalue weighted by Gasteiger charge is 2.35. The number of thioether (sulfide) groups is 1. The van der Waals surface area contributed by atoms with Gasteiger partial charge in [0.2, 0.25) is 5.17 Å². The molecule has 0 aliphatic carbocycles. The third-order valence-electron chi connectivity index (χ3n) is 4.88. The number of unbranched alkanes of at least 4 members (excludes halogenated alkanes) is 1. The number of halogens is 1. The minimum atomic E-state index is -0.428. The molecule has 0 saturated heterocycles. The van der Waals surface area contributed by atoms with E-state index in [1.54, 1.807) is 30.3 Å². The van der Waals surface area contributed by atoms with E-state index in [2.05, 4.69) is 17.0 Å². The van der Waals surface area contributed by atoms with E-state index in [9.17, 15) is 4.79 Å². The van der Waals surface area contributed by atoms with Crippen LogP contribution < -0.4 is 9.47 Å². The minimum absolute atomic E-state index is 0.0426. The fourth-order valence-corrected chi connectivity index (χ4v) is 4.28. The number of carbonyl (C=O) groups excluding carboxylic acids is 1. The van der Waals surface area contributed by atoms with Gasteiger partial charge in [-0.15, -0.1) is 0 Å². The molecule has 2 aromatic rings. The molecule has 0 bridgehead atoms. The van der Waals surface area contributed by atoms with E-state index in [4.69, 9.17) is 26.5 Å². The number of para-hydroxylation sites is 1. The van der Waals surface area contributed by atoms with Gasteiger partial charge in [-0.3, -0.25) is 10.2 Å². The van der Waals surface area contributed by atoms with E-state index in [1.807, 2.05) is 24.3 Å². The van der Waals surface area contributed by atoms with Crippen LogP contribution in [0, 0.1) is 5.41 Å². The molecule has 2 aromatic carbocycles. The van der Waals surface area contributed by atoms with E-state index in [-0.39, 0.29) is 11.4 Å². The van der Waals surface area contributed by atoms with Crippen LogP contribution in [-0.2, 0) is 4.79 Å². The number of amidine groups is 2. The summed E-state index contributed by atoms with van der Waals surface area (Å²) in [6.45, 7) is 2.83. The molecule has 33 heavy (non-hydrogen) atoms. The maximum atomic E-state index is 12.5. The number of carbonyl (C=O) groups is 1. The molecule has 0 fully saturated rings. The Morgan fingerprint density at radius 1 is 1.12 bits per heavy atom. The number of hydrazone groups is 1. The van der Waals surface area contributed by atoms with Crippen molar-refractivity contribution in [3.8, 4) is 11.5 Å². The van der Waals surface area contributed by atoms with Gasteiger partial charge in [-0.1, -0.05) is 49.2 Å². The molecule has 0 aromatic heterocycles. The normalized spacial score (nSPS) is 16.5. The van der Waals surface area contributed by atoms with Crippen molar-refractivity contribution < 1.29 is 14.3 Å². The lowest BCUT2D eigenvalue weighted by Gasteiger charge is -2.20. The summed E-state index contributed by atoms with van der Waals surface area (Å²) >= 11 is 7.43. The zero-order valence-electron chi connectivity index (χ0n) is 18.1. The second-order valence-electron chi connectivity index (χ2n) is 7.31. The van der Waals surface area contributed by atoms with Crippen LogP contribution in [0.25, 0.3) is 6.08 Å². The molecule has 0 radical (unpaired) electrons. The van der Waals surface area contributed by atoms with Crippen molar-refractivity contribution in [1.82, 2.24) is 5.01 Å². The number of nitrogens with zero attached hydrogens (tertiary/aromatic N) is 3. The van der Waals surface area contributed by atoms with Gasteiger partial charge >= 0.3 is 0 Å². The van der Waals surface area contributed by atoms with Crippen LogP contribution in [0.4, 0.5) is 0 Å². The predicted octanol–water partition coefficient (Wildman–Crippen LogP) is 5.61. The summed E-state index contributed by atoms with van der Waals surface area (Å²) in [5, 5.41) is 16.3. The van der Waals surface area contributed by atoms with Gasteiger partial charge in [-0.25, -0.2) is 0 Å². The number of hydrogen-bond donors (Lipinski definition) is 1. The van der Waals surface area contributed by atoms with Gasteiger partial charge in [0.15, 0.2) is 5.84 Å². The van der Waals surface area contributed by atoms with E-state index >= 15 is 0 Å². The van der Waals surface area contributed by atoms with E-state index in [0.29, 0.717) is 34.9 Å². The first-order valence-electron chi connectivity index (χ1n) is 10.6. The minimum Gasteiger partial charge on any atom is -0.490 e. The number of amides is 1. The lowest BCUT2D eigenvalue weighted by atomic mass is 10.1. The van der Waals surface area contributed by atoms with Crippen molar-refractivity contribution in [3.63, 3.8) is 0 Å². The first kappa shape index (κ1) is 23.1. The molecular weight excluding hydrogens is 460 g/mol. The van der Waals surface area contributed by atoms with Crippen LogP contribution in [-0.4, -0.2) is 40.2 Å². The Morgan fingerprint density at radius 3 is 2.64 bits per heavy atom. The standard InChI is InChI=1S/C24H23ClN4O3S/c1-2-3-8-21-28-29-22(26)18(23(30)27-24(29)33-21)15-16-9-11-17(12-10-16)31-13-14-32-20-7-5-4-6-19(20)25/h4-7,9-12,15,26H,2-3,8,13-14H2,1H3/b18-15+,26-22?. The van der Waals surface area contributed by atoms with Gasteiger partial charge in [0.05, 0.1) is 10.6 Å². The van der Waals surface area contributed by atoms with Gasteiger partial charge in [0, 0.05) is 0 Å². The summed E-state index contributed by atoms with van der Waals surface area (Å²) < 4.78 is 11.3. The molecule has 0 saturated carbocycles. The van der Waals surface area contributed by atoms with Crippen LogP contribution >= 0.6 is 23.4 Å². The zero-order valence-corrected chi connectivity index (χ0v) is 19.7. The highest BCUT2D eigenvalue weighted by molar-refractivity contribution is 8.26. The van der Waals surface area contributed by atoms with E-state index < -0.39 is 5.91 Å². The molecular formula is C24H23ClN4O3S. The number of fused-ring (bicyclic) bond motifs is 1. The molecule has 2 aliphatic rings. The molecule has 1 N–H and O–H groups in total. The average molecular weight is 483 g/mol. The smallest absolute Gasteiger partial charge is 0.283 e. The molecule has 9 heteroatoms. The molecule has 2 aliphatic heterocycles. The van der Waals surface area contributed by atoms with Gasteiger partial charge in [-0.05, 0) is 60.5 Å². The van der Waals surface area contributed by atoms with Crippen LogP contribution in [0.15, 0.2) is 64.2 Å². The number of nitrogens with one attached hydrogen (secondary N) is 1. The molecule has 4 rings (SSSR count). The highest BCUT2D eigenvalue weighted by atomic mass is 35.5. The average Bonchev–Trinajstić information content (AvgIpc) is 3.23. The van der Waals surface area contributed by atoms with E-state index in [1.165, 1.54) is 16.8 Å². The Morgan fingerprint density at radius 2 is 1.88 bits per heavy atom. The summed E-state index contributed by atoms with van der Waals surface area (Å²) in [6.07, 6.45) is 4.54. The number of aliphatic imine (C=N–C) groups is 1. The third-order valence-corrected chi connectivity index (χ3v) is 6.16. The maximum Gasteiger partial charge on any atom is 0.283 e. The second-order valence-corrected chi connectivity index (χ2v) is 8.76. The summed E-state index contributed by atoms with van der Waals surface area (Å²) in [6, 6.07) is 14.5. The first-order chi connectivity index (χ1) is 16.0. The number of ether oxygens (including phenoxy) is 2. The van der Waals surface area contributed by atoms with Crippen LogP contribution in [0.2, 0.25) is 5.02 Å². The fourth-order valence-electron chi connectivity index (χ4n) is 3.16. The molecule has 0 spiro atoms. The van der Waals surface area contributed by atoms with Crippen molar-refractivity contribution in [2.45, 2.75) is 26.2 Å². The van der Waals surface area contributed by atoms with Crippen molar-refractivity contribution in [3.05, 3.63) is 64.7 Å². The quantitative estimate of drug-likeness (QED) is 0.371.